The van der Waals surface area contributed by atoms with Crippen molar-refractivity contribution in [2.45, 2.75) is 25.3 Å². The van der Waals surface area contributed by atoms with Crippen molar-refractivity contribution < 1.29 is 4.79 Å². The van der Waals surface area contributed by atoms with Gasteiger partial charge in [0.05, 0.1) is 6.54 Å². The van der Waals surface area contributed by atoms with Crippen LogP contribution in [0.3, 0.4) is 0 Å². The zero-order valence-corrected chi connectivity index (χ0v) is 14.3. The number of anilines is 1. The molecule has 1 aromatic heterocycles. The van der Waals surface area contributed by atoms with Gasteiger partial charge in [0.25, 0.3) is 0 Å². The molecule has 1 aromatic carbocycles. The van der Waals surface area contributed by atoms with E-state index in [2.05, 4.69) is 15.2 Å². The predicted molar refractivity (Wildman–Crippen MR) is 102 cm³/mol. The predicted octanol–water partition coefficient (Wildman–Crippen LogP) is 2.61. The lowest BCUT2D eigenvalue weighted by Crippen LogP contribution is -2.41. The molecule has 0 aliphatic heterocycles. The number of carbonyl (C=O) groups excluding carboxylic acids is 1. The van der Waals surface area contributed by atoms with Gasteiger partial charge >= 0.3 is 0 Å². The first kappa shape index (κ1) is 17.1. The molecule has 1 heterocycles. The molecule has 0 saturated heterocycles. The van der Waals surface area contributed by atoms with Crippen LogP contribution in [-0.2, 0) is 4.79 Å². The van der Waals surface area contributed by atoms with Crippen LogP contribution in [0.25, 0.3) is 16.3 Å². The average molecular weight is 337 g/mol. The van der Waals surface area contributed by atoms with Gasteiger partial charge in [-0.15, -0.1) is 0 Å². The number of fused-ring (bicyclic) bond motifs is 1. The van der Waals surface area contributed by atoms with Crippen molar-refractivity contribution in [2.75, 3.05) is 18.9 Å². The van der Waals surface area contributed by atoms with Crippen LogP contribution in [0.2, 0.25) is 0 Å². The lowest BCUT2D eigenvalue weighted by molar-refractivity contribution is -0.117. The normalized spacial score (nSPS) is 15.2. The number of carbonyl (C=O) groups is 1. The molecule has 6 nitrogen and oxygen atoms in total. The van der Waals surface area contributed by atoms with Gasteiger partial charge in [-0.2, -0.15) is 0 Å². The van der Waals surface area contributed by atoms with E-state index >= 15 is 0 Å². The molecule has 130 valence electrons. The van der Waals surface area contributed by atoms with Crippen molar-refractivity contribution in [1.82, 2.24) is 9.88 Å². The molecule has 1 fully saturated rings. The van der Waals surface area contributed by atoms with Crippen LogP contribution in [0.15, 0.2) is 36.7 Å². The summed E-state index contributed by atoms with van der Waals surface area (Å²) in [4.78, 5) is 18.6. The van der Waals surface area contributed by atoms with Gasteiger partial charge in [-0.1, -0.05) is 18.6 Å². The highest BCUT2D eigenvalue weighted by Crippen LogP contribution is 2.24. The van der Waals surface area contributed by atoms with E-state index in [1.807, 2.05) is 31.3 Å². The fraction of sp³-hybridized carbons (Fsp3) is 0.316. The monoisotopic (exact) mass is 337 g/mol. The maximum Gasteiger partial charge on any atom is 0.239 e. The lowest BCUT2D eigenvalue weighted by Gasteiger charge is -2.34. The molecule has 1 aliphatic rings. The number of allylic oxidation sites excluding steroid dienone is 1. The van der Waals surface area contributed by atoms with Gasteiger partial charge in [0.2, 0.25) is 5.91 Å². The highest BCUT2D eigenvalue weighted by atomic mass is 16.2. The molecule has 0 atom stereocenters. The smallest absolute Gasteiger partial charge is 0.239 e. The Morgan fingerprint density at radius 3 is 2.84 bits per heavy atom. The quantitative estimate of drug-likeness (QED) is 0.706. The lowest BCUT2D eigenvalue weighted by atomic mass is 9.92. The Morgan fingerprint density at radius 2 is 2.20 bits per heavy atom. The zero-order chi connectivity index (χ0) is 17.8. The summed E-state index contributed by atoms with van der Waals surface area (Å²) in [7, 11) is 1.99. The number of pyridine rings is 1. The minimum Gasteiger partial charge on any atom is -0.404 e. The fourth-order valence-electron chi connectivity index (χ4n) is 2.98. The Balaban J connectivity index is 1.75. The molecule has 1 saturated carbocycles. The van der Waals surface area contributed by atoms with Crippen molar-refractivity contribution in [3.8, 4) is 0 Å². The molecule has 0 unspecified atom stereocenters. The molecular weight excluding hydrogens is 314 g/mol. The molecular formula is C19H23N5O. The van der Waals surface area contributed by atoms with Gasteiger partial charge in [-0.25, -0.2) is 4.98 Å². The van der Waals surface area contributed by atoms with Crippen LogP contribution in [0.5, 0.6) is 0 Å². The maximum absolute atomic E-state index is 12.2. The molecule has 25 heavy (non-hydrogen) atoms. The van der Waals surface area contributed by atoms with Gasteiger partial charge < -0.3 is 16.5 Å². The highest BCUT2D eigenvalue weighted by Gasteiger charge is 2.23. The molecule has 0 spiro atoms. The number of benzene rings is 1. The van der Waals surface area contributed by atoms with Crippen LogP contribution in [-0.4, -0.2) is 41.6 Å². The topological polar surface area (TPSA) is 95.1 Å². The van der Waals surface area contributed by atoms with Crippen LogP contribution < -0.4 is 11.1 Å². The third-order valence-electron chi connectivity index (χ3n) is 4.75. The average Bonchev–Trinajstić information content (AvgIpc) is 2.53. The van der Waals surface area contributed by atoms with Gasteiger partial charge in [-0.05, 0) is 43.0 Å². The van der Waals surface area contributed by atoms with Crippen LogP contribution >= 0.6 is 0 Å². The van der Waals surface area contributed by atoms with E-state index in [4.69, 9.17) is 11.1 Å². The van der Waals surface area contributed by atoms with Crippen molar-refractivity contribution in [3.63, 3.8) is 0 Å². The van der Waals surface area contributed by atoms with E-state index in [-0.39, 0.29) is 5.91 Å². The Kier molecular flexibility index (Phi) is 5.09. The minimum atomic E-state index is -0.0561. The minimum absolute atomic E-state index is 0.0561. The third kappa shape index (κ3) is 3.85. The van der Waals surface area contributed by atoms with E-state index in [1.54, 1.807) is 6.20 Å². The van der Waals surface area contributed by atoms with E-state index in [1.165, 1.54) is 31.7 Å². The number of rotatable bonds is 6. The fourth-order valence-corrected chi connectivity index (χ4v) is 2.98. The molecule has 0 radical (unpaired) electrons. The Bertz CT molecular complexity index is 826. The van der Waals surface area contributed by atoms with Gasteiger partial charge in [0.1, 0.15) is 5.82 Å². The summed E-state index contributed by atoms with van der Waals surface area (Å²) in [5, 5.41) is 12.2. The maximum atomic E-state index is 12.2. The summed E-state index contributed by atoms with van der Waals surface area (Å²) in [5.41, 5.74) is 7.06. The first-order valence-electron chi connectivity index (χ1n) is 8.43. The van der Waals surface area contributed by atoms with Crippen molar-refractivity contribution in [1.29, 1.82) is 5.41 Å². The first-order valence-corrected chi connectivity index (χ1v) is 8.43. The number of aromatic nitrogens is 1. The number of likely N-dealkylation sites (N-methyl/N-ethyl adjacent to an activating group) is 1. The number of nitrogens with zero attached hydrogens (tertiary/aromatic N) is 2. The van der Waals surface area contributed by atoms with Gasteiger partial charge in [-0.3, -0.25) is 9.69 Å². The second-order valence-corrected chi connectivity index (χ2v) is 6.45. The van der Waals surface area contributed by atoms with E-state index in [0.717, 1.165) is 16.3 Å². The first-order chi connectivity index (χ1) is 12.1. The largest absolute Gasteiger partial charge is 0.404 e. The summed E-state index contributed by atoms with van der Waals surface area (Å²) in [6.45, 7) is 0.373. The van der Waals surface area contributed by atoms with Gasteiger partial charge in [0, 0.05) is 35.6 Å². The molecule has 6 heteroatoms. The SMILES string of the molecule is CN(CC(=O)Nc1cc2cc(/C(C=N)=C/N)ccc2cn1)C1CCC1. The van der Waals surface area contributed by atoms with Crippen LogP contribution in [0.1, 0.15) is 24.8 Å². The molecule has 1 amide bonds. The number of hydrogen-bond acceptors (Lipinski definition) is 5. The van der Waals surface area contributed by atoms with E-state index < -0.39 is 0 Å². The highest BCUT2D eigenvalue weighted by molar-refractivity contribution is 6.09. The standard InChI is InChI=1S/C19H23N5O/c1-24(17-3-2-4-17)12-19(25)23-18-8-15-7-13(16(9-20)10-21)5-6-14(15)11-22-18/h5-11,17,20H,2-4,12,21H2,1H3,(H,22,23,25)/b16-10+,20-9?. The molecule has 4 N–H and O–H groups in total. The Morgan fingerprint density at radius 1 is 1.40 bits per heavy atom. The molecule has 1 aliphatic carbocycles. The molecule has 2 aromatic rings. The van der Waals surface area contributed by atoms with E-state index in [0.29, 0.717) is 24.0 Å². The van der Waals surface area contributed by atoms with E-state index in [9.17, 15) is 4.79 Å². The number of hydrogen-bond donors (Lipinski definition) is 3. The van der Waals surface area contributed by atoms with Crippen molar-refractivity contribution >= 4 is 34.3 Å². The number of nitrogens with two attached hydrogens (primary N) is 1. The summed E-state index contributed by atoms with van der Waals surface area (Å²) < 4.78 is 0. The molecule has 0 bridgehead atoms. The summed E-state index contributed by atoms with van der Waals surface area (Å²) >= 11 is 0. The van der Waals surface area contributed by atoms with Crippen LogP contribution in [0, 0.1) is 5.41 Å². The van der Waals surface area contributed by atoms with Crippen LogP contribution in [0.4, 0.5) is 5.82 Å². The second-order valence-electron chi connectivity index (χ2n) is 6.45. The summed E-state index contributed by atoms with van der Waals surface area (Å²) in [5.74, 6) is 0.476. The van der Waals surface area contributed by atoms with Gasteiger partial charge in [0.15, 0.2) is 0 Å². The summed E-state index contributed by atoms with van der Waals surface area (Å²) in [6.07, 6.45) is 7.96. The third-order valence-corrected chi connectivity index (χ3v) is 4.75. The number of nitrogens with one attached hydrogen (secondary N) is 2. The van der Waals surface area contributed by atoms with Crippen molar-refractivity contribution in [2.24, 2.45) is 5.73 Å². The summed E-state index contributed by atoms with van der Waals surface area (Å²) in [6, 6.07) is 8.15. The zero-order valence-electron chi connectivity index (χ0n) is 14.3. The Hall–Kier alpha value is -2.73. The second kappa shape index (κ2) is 7.44. The van der Waals surface area contributed by atoms with Crippen molar-refractivity contribution in [3.05, 3.63) is 42.2 Å². The Labute approximate surface area is 147 Å². The molecule has 3 rings (SSSR count). The number of amides is 1.